The Morgan fingerprint density at radius 1 is 1.50 bits per heavy atom. The van der Waals surface area contributed by atoms with Crippen molar-refractivity contribution in [2.75, 3.05) is 30.4 Å². The smallest absolute Gasteiger partial charge is 0.0694 e. The highest BCUT2D eigenvalue weighted by molar-refractivity contribution is 5.60. The molecule has 0 aliphatic carbocycles. The predicted octanol–water partition coefficient (Wildman–Crippen LogP) is 1.95. The van der Waals surface area contributed by atoms with Crippen molar-refractivity contribution >= 4 is 11.4 Å². The minimum absolute atomic E-state index is 0.0295. The summed E-state index contributed by atoms with van der Waals surface area (Å²) >= 11 is 0. The number of hydrogen-bond acceptors (Lipinski definition) is 4. The van der Waals surface area contributed by atoms with E-state index >= 15 is 0 Å². The highest BCUT2D eigenvalue weighted by Crippen LogP contribution is 2.29. The molecule has 4 nitrogen and oxygen atoms in total. The number of nitrogens with zero attached hydrogens (tertiary/aromatic N) is 2. The van der Waals surface area contributed by atoms with Crippen LogP contribution in [0.4, 0.5) is 11.4 Å². The first-order chi connectivity index (χ1) is 8.54. The molecular formula is C14H19N3O. The maximum atomic E-state index is 8.81. The lowest BCUT2D eigenvalue weighted by atomic mass is 10.00. The average Bonchev–Trinajstić information content (AvgIpc) is 2.32. The molecule has 0 bridgehead atoms. The van der Waals surface area contributed by atoms with E-state index in [0.717, 1.165) is 24.4 Å². The summed E-state index contributed by atoms with van der Waals surface area (Å²) in [6.07, 6.45) is 0.352. The lowest BCUT2D eigenvalue weighted by Gasteiger charge is -2.44. The van der Waals surface area contributed by atoms with Crippen LogP contribution < -0.4 is 10.6 Å². The topological polar surface area (TPSA) is 62.3 Å². The van der Waals surface area contributed by atoms with Gasteiger partial charge in [-0.2, -0.15) is 5.26 Å². The molecule has 0 atom stereocenters. The summed E-state index contributed by atoms with van der Waals surface area (Å²) in [5, 5.41) is 8.81. The van der Waals surface area contributed by atoms with Crippen molar-refractivity contribution in [3.63, 3.8) is 0 Å². The molecule has 2 rings (SSSR count). The van der Waals surface area contributed by atoms with Crippen LogP contribution in [0.3, 0.4) is 0 Å². The average molecular weight is 245 g/mol. The maximum absolute atomic E-state index is 8.81. The van der Waals surface area contributed by atoms with Gasteiger partial charge in [0.25, 0.3) is 0 Å². The molecule has 0 saturated carbocycles. The van der Waals surface area contributed by atoms with E-state index in [4.69, 9.17) is 15.7 Å². The third-order valence-electron chi connectivity index (χ3n) is 3.35. The van der Waals surface area contributed by atoms with Gasteiger partial charge in [0.05, 0.1) is 31.2 Å². The van der Waals surface area contributed by atoms with Crippen LogP contribution in [0.1, 0.15) is 19.4 Å². The Bertz CT molecular complexity index is 476. The summed E-state index contributed by atoms with van der Waals surface area (Å²) in [6, 6.07) is 8.07. The Kier molecular flexibility index (Phi) is 3.44. The van der Waals surface area contributed by atoms with Crippen molar-refractivity contribution in [2.24, 2.45) is 0 Å². The van der Waals surface area contributed by atoms with Gasteiger partial charge >= 0.3 is 0 Å². The van der Waals surface area contributed by atoms with Crippen LogP contribution in [-0.4, -0.2) is 25.3 Å². The van der Waals surface area contributed by atoms with Crippen molar-refractivity contribution in [1.29, 1.82) is 5.26 Å². The molecule has 1 heterocycles. The molecule has 2 N–H and O–H groups in total. The van der Waals surface area contributed by atoms with Crippen molar-refractivity contribution in [1.82, 2.24) is 0 Å². The van der Waals surface area contributed by atoms with E-state index in [0.29, 0.717) is 18.7 Å². The van der Waals surface area contributed by atoms with Crippen LogP contribution in [0, 0.1) is 11.3 Å². The molecule has 0 unspecified atom stereocenters. The normalized spacial score (nSPS) is 18.4. The Balaban J connectivity index is 2.33. The molecule has 0 amide bonds. The van der Waals surface area contributed by atoms with Crippen LogP contribution in [0.2, 0.25) is 0 Å². The number of nitrogens with two attached hydrogens (primary N) is 1. The molecule has 0 radical (unpaired) electrons. The van der Waals surface area contributed by atoms with Crippen LogP contribution in [-0.2, 0) is 11.2 Å². The van der Waals surface area contributed by atoms with Gasteiger partial charge in [-0.1, -0.05) is 0 Å². The van der Waals surface area contributed by atoms with Crippen LogP contribution in [0.5, 0.6) is 0 Å². The predicted molar refractivity (Wildman–Crippen MR) is 72.4 cm³/mol. The summed E-state index contributed by atoms with van der Waals surface area (Å²) in [4.78, 5) is 2.32. The molecule has 1 aliphatic rings. The summed E-state index contributed by atoms with van der Waals surface area (Å²) in [5.41, 5.74) is 8.55. The van der Waals surface area contributed by atoms with Gasteiger partial charge in [-0.25, -0.2) is 0 Å². The quantitative estimate of drug-likeness (QED) is 0.809. The zero-order valence-corrected chi connectivity index (χ0v) is 10.9. The zero-order chi connectivity index (χ0) is 13.2. The number of nitriles is 1. The maximum Gasteiger partial charge on any atom is 0.0694 e. The third-order valence-corrected chi connectivity index (χ3v) is 3.35. The van der Waals surface area contributed by atoms with Gasteiger partial charge in [0.2, 0.25) is 0 Å². The van der Waals surface area contributed by atoms with Crippen molar-refractivity contribution in [2.45, 2.75) is 25.8 Å². The van der Waals surface area contributed by atoms with Crippen molar-refractivity contribution in [3.05, 3.63) is 23.8 Å². The Morgan fingerprint density at radius 3 is 2.94 bits per heavy atom. The SMILES string of the molecule is CC1(C)COCCN1c1ccc(N)c(CC#N)c1. The van der Waals surface area contributed by atoms with Crippen LogP contribution in [0.25, 0.3) is 0 Å². The lowest BCUT2D eigenvalue weighted by molar-refractivity contribution is 0.0644. The van der Waals surface area contributed by atoms with Crippen LogP contribution in [0.15, 0.2) is 18.2 Å². The largest absolute Gasteiger partial charge is 0.398 e. The van der Waals surface area contributed by atoms with E-state index in [1.165, 1.54) is 0 Å². The summed E-state index contributed by atoms with van der Waals surface area (Å²) < 4.78 is 5.52. The number of hydrogen-bond donors (Lipinski definition) is 1. The van der Waals surface area contributed by atoms with E-state index in [1.807, 2.05) is 18.2 Å². The van der Waals surface area contributed by atoms with Gasteiger partial charge in [-0.05, 0) is 37.6 Å². The molecule has 1 saturated heterocycles. The first-order valence-electron chi connectivity index (χ1n) is 6.15. The molecule has 1 aromatic rings. The molecule has 1 aromatic carbocycles. The number of nitrogen functional groups attached to an aromatic ring is 1. The van der Waals surface area contributed by atoms with Crippen LogP contribution >= 0.6 is 0 Å². The van der Waals surface area contributed by atoms with Gasteiger partial charge in [0.1, 0.15) is 0 Å². The number of benzene rings is 1. The second-order valence-corrected chi connectivity index (χ2v) is 5.23. The molecule has 0 spiro atoms. The molecule has 18 heavy (non-hydrogen) atoms. The summed E-state index contributed by atoms with van der Waals surface area (Å²) in [5.74, 6) is 0. The monoisotopic (exact) mass is 245 g/mol. The van der Waals surface area contributed by atoms with Gasteiger partial charge < -0.3 is 15.4 Å². The van der Waals surface area contributed by atoms with E-state index in [2.05, 4.69) is 24.8 Å². The standard InChI is InChI=1S/C14H19N3O/c1-14(2)10-18-8-7-17(14)12-3-4-13(16)11(9-12)5-6-15/h3-4,9H,5,7-8,10,16H2,1-2H3. The second-order valence-electron chi connectivity index (χ2n) is 5.23. The molecule has 96 valence electrons. The first-order valence-corrected chi connectivity index (χ1v) is 6.15. The minimum atomic E-state index is -0.0295. The van der Waals surface area contributed by atoms with E-state index in [-0.39, 0.29) is 5.54 Å². The van der Waals surface area contributed by atoms with Crippen molar-refractivity contribution in [3.8, 4) is 6.07 Å². The molecule has 1 fully saturated rings. The molecule has 1 aliphatic heterocycles. The molecular weight excluding hydrogens is 226 g/mol. The fourth-order valence-electron chi connectivity index (χ4n) is 2.34. The summed E-state index contributed by atoms with van der Waals surface area (Å²) in [7, 11) is 0. The number of morpholine rings is 1. The Hall–Kier alpha value is -1.73. The number of rotatable bonds is 2. The van der Waals surface area contributed by atoms with Gasteiger partial charge in [-0.3, -0.25) is 0 Å². The van der Waals surface area contributed by atoms with Gasteiger partial charge in [-0.15, -0.1) is 0 Å². The van der Waals surface area contributed by atoms with Crippen molar-refractivity contribution < 1.29 is 4.74 Å². The Morgan fingerprint density at radius 2 is 2.28 bits per heavy atom. The zero-order valence-electron chi connectivity index (χ0n) is 10.9. The molecule has 0 aromatic heterocycles. The summed E-state index contributed by atoms with van der Waals surface area (Å²) in [6.45, 7) is 6.63. The van der Waals surface area contributed by atoms with E-state index < -0.39 is 0 Å². The highest BCUT2D eigenvalue weighted by Gasteiger charge is 2.30. The van der Waals surface area contributed by atoms with Gasteiger partial charge in [0, 0.05) is 17.9 Å². The van der Waals surface area contributed by atoms with Gasteiger partial charge in [0.15, 0.2) is 0 Å². The Labute approximate surface area is 108 Å². The fraction of sp³-hybridized carbons (Fsp3) is 0.500. The van der Waals surface area contributed by atoms with E-state index in [1.54, 1.807) is 0 Å². The minimum Gasteiger partial charge on any atom is -0.398 e. The highest BCUT2D eigenvalue weighted by atomic mass is 16.5. The number of ether oxygens (including phenoxy) is 1. The fourth-order valence-corrected chi connectivity index (χ4v) is 2.34. The second kappa shape index (κ2) is 4.87. The number of anilines is 2. The van der Waals surface area contributed by atoms with E-state index in [9.17, 15) is 0 Å². The lowest BCUT2D eigenvalue weighted by Crippen LogP contribution is -2.53. The first kappa shape index (κ1) is 12.7. The molecule has 4 heteroatoms. The third kappa shape index (κ3) is 2.41.